The van der Waals surface area contributed by atoms with E-state index >= 15 is 0 Å². The van der Waals surface area contributed by atoms with E-state index in [2.05, 4.69) is 15.6 Å². The van der Waals surface area contributed by atoms with Crippen molar-refractivity contribution in [3.8, 4) is 11.5 Å². The predicted molar refractivity (Wildman–Crippen MR) is 126 cm³/mol. The Morgan fingerprint density at radius 1 is 1.00 bits per heavy atom. The number of nitrogens with one attached hydrogen (secondary N) is 2. The lowest BCUT2D eigenvalue weighted by molar-refractivity contribution is -0.120. The number of carbonyl (C=O) groups excluding carboxylic acids is 2. The van der Waals surface area contributed by atoms with Crippen LogP contribution >= 0.6 is 11.3 Å². The molecule has 0 saturated carbocycles. The van der Waals surface area contributed by atoms with E-state index < -0.39 is 0 Å². The maximum atomic E-state index is 12.3. The number of hydrogen-bond acceptors (Lipinski definition) is 6. The molecule has 1 heterocycles. The molecule has 0 radical (unpaired) electrons. The van der Waals surface area contributed by atoms with E-state index in [0.29, 0.717) is 48.3 Å². The third-order valence-corrected chi connectivity index (χ3v) is 5.30. The number of anilines is 1. The van der Waals surface area contributed by atoms with Gasteiger partial charge in [-0.25, -0.2) is 4.98 Å². The smallest absolute Gasteiger partial charge is 0.257 e. The van der Waals surface area contributed by atoms with Crippen molar-refractivity contribution in [2.75, 3.05) is 25.1 Å². The number of hydrogen-bond donors (Lipinski definition) is 2. The first-order valence-corrected chi connectivity index (χ1v) is 11.4. The summed E-state index contributed by atoms with van der Waals surface area (Å²) in [5, 5.41) is 7.92. The molecule has 3 rings (SSSR count). The van der Waals surface area contributed by atoms with Crippen LogP contribution < -0.4 is 20.1 Å². The predicted octanol–water partition coefficient (Wildman–Crippen LogP) is 4.09. The van der Waals surface area contributed by atoms with Gasteiger partial charge in [0.1, 0.15) is 0 Å². The zero-order valence-electron chi connectivity index (χ0n) is 18.2. The molecule has 0 spiro atoms. The average Bonchev–Trinajstić information content (AvgIpc) is 3.23. The first kappa shape index (κ1) is 23.3. The molecule has 0 bridgehead atoms. The maximum absolute atomic E-state index is 12.3. The lowest BCUT2D eigenvalue weighted by Crippen LogP contribution is -2.27. The molecule has 0 aliphatic carbocycles. The molecular formula is C24H27N3O4S. The molecule has 2 N–H and O–H groups in total. The summed E-state index contributed by atoms with van der Waals surface area (Å²) in [7, 11) is 0. The molecule has 2 amide bonds. The van der Waals surface area contributed by atoms with Gasteiger partial charge in [-0.1, -0.05) is 24.3 Å². The van der Waals surface area contributed by atoms with Gasteiger partial charge in [0.25, 0.3) is 5.91 Å². The van der Waals surface area contributed by atoms with Crippen LogP contribution in [0.3, 0.4) is 0 Å². The Bertz CT molecular complexity index is 1040. The van der Waals surface area contributed by atoms with Crippen LogP contribution in [-0.2, 0) is 17.6 Å². The van der Waals surface area contributed by atoms with Crippen molar-refractivity contribution in [3.63, 3.8) is 0 Å². The molecule has 0 unspecified atom stereocenters. The van der Waals surface area contributed by atoms with Crippen molar-refractivity contribution >= 4 is 28.3 Å². The summed E-state index contributed by atoms with van der Waals surface area (Å²) in [6, 6.07) is 14.7. The maximum Gasteiger partial charge on any atom is 0.257 e. The molecule has 0 fully saturated rings. The lowest BCUT2D eigenvalue weighted by atomic mass is 10.1. The number of aromatic nitrogens is 1. The summed E-state index contributed by atoms with van der Waals surface area (Å²) in [5.74, 6) is 1.09. The number of nitrogens with zero attached hydrogens (tertiary/aromatic N) is 1. The number of benzene rings is 2. The zero-order valence-corrected chi connectivity index (χ0v) is 19.0. The van der Waals surface area contributed by atoms with Gasteiger partial charge in [0, 0.05) is 17.5 Å². The van der Waals surface area contributed by atoms with Crippen LogP contribution in [0.2, 0.25) is 0 Å². The van der Waals surface area contributed by atoms with Crippen molar-refractivity contribution in [3.05, 3.63) is 70.7 Å². The zero-order chi connectivity index (χ0) is 22.8. The molecule has 32 heavy (non-hydrogen) atoms. The van der Waals surface area contributed by atoms with Crippen molar-refractivity contribution in [2.24, 2.45) is 0 Å². The molecule has 0 aliphatic heterocycles. The second-order valence-electron chi connectivity index (χ2n) is 6.89. The minimum atomic E-state index is -0.224. The van der Waals surface area contributed by atoms with E-state index in [4.69, 9.17) is 9.47 Å². The number of ether oxygens (including phenoxy) is 2. The molecule has 8 heteroatoms. The normalized spacial score (nSPS) is 10.4. The summed E-state index contributed by atoms with van der Waals surface area (Å²) in [6.07, 6.45) is 0.832. The van der Waals surface area contributed by atoms with Crippen LogP contribution in [0.25, 0.3) is 0 Å². The highest BCUT2D eigenvalue weighted by Crippen LogP contribution is 2.28. The minimum Gasteiger partial charge on any atom is -0.490 e. The van der Waals surface area contributed by atoms with Gasteiger partial charge in [-0.15, -0.1) is 11.3 Å². The van der Waals surface area contributed by atoms with Crippen molar-refractivity contribution < 1.29 is 19.1 Å². The summed E-state index contributed by atoms with van der Waals surface area (Å²) in [5.41, 5.74) is 2.23. The Labute approximate surface area is 191 Å². The van der Waals surface area contributed by atoms with Crippen molar-refractivity contribution in [1.82, 2.24) is 10.3 Å². The first-order chi connectivity index (χ1) is 15.6. The van der Waals surface area contributed by atoms with E-state index in [-0.39, 0.29) is 18.2 Å². The second kappa shape index (κ2) is 11.9. The molecule has 3 aromatic rings. The Morgan fingerprint density at radius 2 is 1.75 bits per heavy atom. The highest BCUT2D eigenvalue weighted by Gasteiger charge is 2.11. The Balaban J connectivity index is 1.46. The van der Waals surface area contributed by atoms with E-state index in [1.165, 1.54) is 11.3 Å². The SMILES string of the molecule is CCOc1ccc(CCNC(=O)Cc2csc(NC(=O)c3ccccc3)n2)cc1OCC. The van der Waals surface area contributed by atoms with E-state index in [9.17, 15) is 9.59 Å². The van der Waals surface area contributed by atoms with E-state index in [0.717, 1.165) is 11.3 Å². The van der Waals surface area contributed by atoms with Gasteiger partial charge in [0.2, 0.25) is 5.91 Å². The van der Waals surface area contributed by atoms with Gasteiger partial charge < -0.3 is 14.8 Å². The van der Waals surface area contributed by atoms with Gasteiger partial charge >= 0.3 is 0 Å². The lowest BCUT2D eigenvalue weighted by Gasteiger charge is -2.12. The van der Waals surface area contributed by atoms with Gasteiger partial charge in [-0.05, 0) is 50.1 Å². The third kappa shape index (κ3) is 6.81. The minimum absolute atomic E-state index is 0.118. The molecule has 0 aliphatic rings. The van der Waals surface area contributed by atoms with E-state index in [1.54, 1.807) is 29.6 Å². The highest BCUT2D eigenvalue weighted by atomic mass is 32.1. The van der Waals surface area contributed by atoms with Crippen LogP contribution in [0.5, 0.6) is 11.5 Å². The molecule has 2 aromatic carbocycles. The van der Waals surface area contributed by atoms with Gasteiger partial charge in [-0.2, -0.15) is 0 Å². The Morgan fingerprint density at radius 3 is 2.50 bits per heavy atom. The largest absolute Gasteiger partial charge is 0.490 e. The van der Waals surface area contributed by atoms with Crippen LogP contribution in [-0.4, -0.2) is 36.6 Å². The molecule has 7 nitrogen and oxygen atoms in total. The average molecular weight is 454 g/mol. The Kier molecular flexibility index (Phi) is 8.62. The molecule has 0 atom stereocenters. The molecule has 1 aromatic heterocycles. The monoisotopic (exact) mass is 453 g/mol. The van der Waals surface area contributed by atoms with Crippen molar-refractivity contribution in [2.45, 2.75) is 26.7 Å². The first-order valence-electron chi connectivity index (χ1n) is 10.5. The summed E-state index contributed by atoms with van der Waals surface area (Å²) < 4.78 is 11.2. The van der Waals surface area contributed by atoms with Gasteiger partial charge in [0.05, 0.1) is 25.3 Å². The highest BCUT2D eigenvalue weighted by molar-refractivity contribution is 7.14. The third-order valence-electron chi connectivity index (χ3n) is 4.49. The quantitative estimate of drug-likeness (QED) is 0.456. The molecule has 0 saturated heterocycles. The van der Waals surface area contributed by atoms with E-state index in [1.807, 2.05) is 38.1 Å². The van der Waals surface area contributed by atoms with Crippen LogP contribution in [0.1, 0.15) is 35.5 Å². The number of amides is 2. The fourth-order valence-electron chi connectivity index (χ4n) is 3.03. The van der Waals surface area contributed by atoms with Gasteiger partial charge in [0.15, 0.2) is 16.6 Å². The Hall–Kier alpha value is -3.39. The topological polar surface area (TPSA) is 89.6 Å². The van der Waals surface area contributed by atoms with Gasteiger partial charge in [-0.3, -0.25) is 14.9 Å². The standard InChI is InChI=1S/C24H27N3O4S/c1-3-30-20-11-10-17(14-21(20)31-4-2)12-13-25-22(28)15-19-16-32-24(26-19)27-23(29)18-8-6-5-7-9-18/h5-11,14,16H,3-4,12-13,15H2,1-2H3,(H,25,28)(H,26,27,29). The fraction of sp³-hybridized carbons (Fsp3) is 0.292. The number of rotatable bonds is 11. The fourth-order valence-corrected chi connectivity index (χ4v) is 3.73. The molecule has 168 valence electrons. The number of thiazole rings is 1. The molecular weight excluding hydrogens is 426 g/mol. The van der Waals surface area contributed by atoms with Crippen LogP contribution in [0, 0.1) is 0 Å². The summed E-state index contributed by atoms with van der Waals surface area (Å²) in [4.78, 5) is 28.8. The number of carbonyl (C=O) groups is 2. The van der Waals surface area contributed by atoms with Crippen molar-refractivity contribution in [1.29, 1.82) is 0 Å². The van der Waals surface area contributed by atoms with Crippen LogP contribution in [0.15, 0.2) is 53.9 Å². The summed E-state index contributed by atoms with van der Waals surface area (Å²) >= 11 is 1.30. The summed E-state index contributed by atoms with van der Waals surface area (Å²) in [6.45, 7) is 5.49. The van der Waals surface area contributed by atoms with Crippen LogP contribution in [0.4, 0.5) is 5.13 Å². The second-order valence-corrected chi connectivity index (χ2v) is 7.75.